The number of amides is 2. The fourth-order valence-electron chi connectivity index (χ4n) is 1.28. The van der Waals surface area contributed by atoms with Crippen molar-refractivity contribution in [2.45, 2.75) is 0 Å². The van der Waals surface area contributed by atoms with Gasteiger partial charge in [-0.15, -0.1) is 0 Å². The third-order valence-electron chi connectivity index (χ3n) is 2.40. The van der Waals surface area contributed by atoms with E-state index in [9.17, 15) is 9.59 Å². The highest BCUT2D eigenvalue weighted by molar-refractivity contribution is 6.42. The van der Waals surface area contributed by atoms with E-state index in [1.54, 1.807) is 31.3 Å². The number of hydrogen-bond acceptors (Lipinski definition) is 2. The molecule has 0 heterocycles. The van der Waals surface area contributed by atoms with Crippen molar-refractivity contribution >= 4 is 41.1 Å². The topological polar surface area (TPSA) is 49.4 Å². The standard InChI is InChI=1S/C13H14Cl2N2O2/c1-16-12(18)8-17(2)13(19)6-4-9-3-5-10(14)11(15)7-9/h3-7H,8H2,1-2H3,(H,16,18)/b6-4+. The Labute approximate surface area is 122 Å². The minimum absolute atomic E-state index is 0.0149. The lowest BCUT2D eigenvalue weighted by Crippen LogP contribution is -2.35. The molecule has 0 atom stereocenters. The van der Waals surface area contributed by atoms with E-state index >= 15 is 0 Å². The average Bonchev–Trinajstić information content (AvgIpc) is 2.39. The van der Waals surface area contributed by atoms with Gasteiger partial charge < -0.3 is 10.2 Å². The number of benzene rings is 1. The molecule has 0 bridgehead atoms. The van der Waals surface area contributed by atoms with Crippen LogP contribution in [0.25, 0.3) is 6.08 Å². The molecule has 6 heteroatoms. The monoisotopic (exact) mass is 300 g/mol. The number of nitrogens with zero attached hydrogens (tertiary/aromatic N) is 1. The molecule has 0 saturated carbocycles. The Morgan fingerprint density at radius 3 is 2.58 bits per heavy atom. The van der Waals surface area contributed by atoms with Crippen LogP contribution in [0.3, 0.4) is 0 Å². The summed E-state index contributed by atoms with van der Waals surface area (Å²) < 4.78 is 0. The Balaban J connectivity index is 2.67. The van der Waals surface area contributed by atoms with E-state index in [0.717, 1.165) is 5.56 Å². The highest BCUT2D eigenvalue weighted by atomic mass is 35.5. The lowest BCUT2D eigenvalue weighted by atomic mass is 10.2. The van der Waals surface area contributed by atoms with Crippen LogP contribution >= 0.6 is 23.2 Å². The Morgan fingerprint density at radius 2 is 2.00 bits per heavy atom. The first-order valence-electron chi connectivity index (χ1n) is 5.53. The van der Waals surface area contributed by atoms with Crippen molar-refractivity contribution in [3.63, 3.8) is 0 Å². The van der Waals surface area contributed by atoms with Crippen LogP contribution in [0.2, 0.25) is 10.0 Å². The van der Waals surface area contributed by atoms with Crippen LogP contribution in [0.15, 0.2) is 24.3 Å². The van der Waals surface area contributed by atoms with E-state index in [1.165, 1.54) is 18.0 Å². The lowest BCUT2D eigenvalue weighted by Gasteiger charge is -2.13. The molecule has 1 aromatic rings. The molecule has 2 amide bonds. The minimum atomic E-state index is -0.269. The van der Waals surface area contributed by atoms with E-state index in [1.807, 2.05) is 0 Å². The summed E-state index contributed by atoms with van der Waals surface area (Å²) in [5.74, 6) is -0.492. The second kappa shape index (κ2) is 7.16. The smallest absolute Gasteiger partial charge is 0.246 e. The van der Waals surface area contributed by atoms with Gasteiger partial charge in [0.05, 0.1) is 16.6 Å². The fourth-order valence-corrected chi connectivity index (χ4v) is 1.59. The van der Waals surface area contributed by atoms with Crippen molar-refractivity contribution in [1.82, 2.24) is 10.2 Å². The first-order chi connectivity index (χ1) is 8.93. The lowest BCUT2D eigenvalue weighted by molar-refractivity contribution is -0.130. The molecular weight excluding hydrogens is 287 g/mol. The second-order valence-corrected chi connectivity index (χ2v) is 4.69. The maximum Gasteiger partial charge on any atom is 0.246 e. The number of carbonyl (C=O) groups excluding carboxylic acids is 2. The molecule has 0 aliphatic rings. The number of halogens is 2. The van der Waals surface area contributed by atoms with Gasteiger partial charge in [0.15, 0.2) is 0 Å². The minimum Gasteiger partial charge on any atom is -0.358 e. The van der Waals surface area contributed by atoms with E-state index in [4.69, 9.17) is 23.2 Å². The molecule has 102 valence electrons. The van der Waals surface area contributed by atoms with Gasteiger partial charge in [0, 0.05) is 20.2 Å². The van der Waals surface area contributed by atoms with Crippen LogP contribution in [0.4, 0.5) is 0 Å². The fraction of sp³-hybridized carbons (Fsp3) is 0.231. The first kappa shape index (κ1) is 15.5. The predicted octanol–water partition coefficient (Wildman–Crippen LogP) is 2.21. The summed E-state index contributed by atoms with van der Waals surface area (Å²) in [5.41, 5.74) is 0.760. The van der Waals surface area contributed by atoms with Crippen molar-refractivity contribution in [2.75, 3.05) is 20.6 Å². The average molecular weight is 301 g/mol. The number of nitrogens with one attached hydrogen (secondary N) is 1. The second-order valence-electron chi connectivity index (χ2n) is 3.87. The SMILES string of the molecule is CNC(=O)CN(C)C(=O)/C=C/c1ccc(Cl)c(Cl)c1. The van der Waals surface area contributed by atoms with Gasteiger partial charge in [0.25, 0.3) is 0 Å². The molecule has 1 N–H and O–H groups in total. The molecule has 0 aliphatic carbocycles. The zero-order valence-electron chi connectivity index (χ0n) is 10.6. The van der Waals surface area contributed by atoms with Crippen LogP contribution in [0.1, 0.15) is 5.56 Å². The van der Waals surface area contributed by atoms with Gasteiger partial charge >= 0.3 is 0 Å². The molecule has 0 aromatic heterocycles. The van der Waals surface area contributed by atoms with Crippen molar-refractivity contribution in [3.8, 4) is 0 Å². The number of carbonyl (C=O) groups is 2. The van der Waals surface area contributed by atoms with Crippen LogP contribution < -0.4 is 5.32 Å². The Morgan fingerprint density at radius 1 is 1.32 bits per heavy atom. The highest BCUT2D eigenvalue weighted by Gasteiger charge is 2.08. The van der Waals surface area contributed by atoms with Gasteiger partial charge in [0.2, 0.25) is 11.8 Å². The molecule has 0 spiro atoms. The summed E-state index contributed by atoms with van der Waals surface area (Å²) in [7, 11) is 3.07. The van der Waals surface area contributed by atoms with Crippen molar-refractivity contribution in [3.05, 3.63) is 39.9 Å². The zero-order valence-corrected chi connectivity index (χ0v) is 12.1. The van der Waals surface area contributed by atoms with Crippen LogP contribution in [-0.4, -0.2) is 37.4 Å². The van der Waals surface area contributed by atoms with Crippen molar-refractivity contribution in [2.24, 2.45) is 0 Å². The largest absolute Gasteiger partial charge is 0.358 e. The number of rotatable bonds is 4. The predicted molar refractivity (Wildman–Crippen MR) is 77.2 cm³/mol. The van der Waals surface area contributed by atoms with E-state index in [2.05, 4.69) is 5.32 Å². The normalized spacial score (nSPS) is 10.5. The molecule has 4 nitrogen and oxygen atoms in total. The summed E-state index contributed by atoms with van der Waals surface area (Å²) in [4.78, 5) is 24.2. The maximum atomic E-state index is 11.7. The Bertz CT molecular complexity index is 515. The third kappa shape index (κ3) is 4.93. The molecule has 0 radical (unpaired) electrons. The van der Waals surface area contributed by atoms with E-state index in [-0.39, 0.29) is 18.4 Å². The Hall–Kier alpha value is -1.52. The molecule has 19 heavy (non-hydrogen) atoms. The molecule has 0 saturated heterocycles. The van der Waals surface area contributed by atoms with Crippen molar-refractivity contribution in [1.29, 1.82) is 0 Å². The maximum absolute atomic E-state index is 11.7. The summed E-state index contributed by atoms with van der Waals surface area (Å²) in [6, 6.07) is 5.06. The quantitative estimate of drug-likeness (QED) is 0.867. The molecular formula is C13H14Cl2N2O2. The van der Waals surface area contributed by atoms with Gasteiger partial charge in [0.1, 0.15) is 0 Å². The van der Waals surface area contributed by atoms with Crippen LogP contribution in [-0.2, 0) is 9.59 Å². The number of likely N-dealkylation sites (N-methyl/N-ethyl adjacent to an activating group) is 2. The van der Waals surface area contributed by atoms with Gasteiger partial charge in [-0.05, 0) is 23.8 Å². The van der Waals surface area contributed by atoms with Gasteiger partial charge in [-0.1, -0.05) is 29.3 Å². The Kier molecular flexibility index (Phi) is 5.86. The highest BCUT2D eigenvalue weighted by Crippen LogP contribution is 2.23. The first-order valence-corrected chi connectivity index (χ1v) is 6.28. The summed E-state index contributed by atoms with van der Waals surface area (Å²) in [6.45, 7) is 0.0149. The van der Waals surface area contributed by atoms with E-state index in [0.29, 0.717) is 10.0 Å². The van der Waals surface area contributed by atoms with Gasteiger partial charge in [-0.2, -0.15) is 0 Å². The molecule has 0 unspecified atom stereocenters. The van der Waals surface area contributed by atoms with Gasteiger partial charge in [-0.3, -0.25) is 9.59 Å². The summed E-state index contributed by atoms with van der Waals surface area (Å²) >= 11 is 11.7. The molecule has 1 rings (SSSR count). The summed E-state index contributed by atoms with van der Waals surface area (Å²) in [6.07, 6.45) is 2.99. The van der Waals surface area contributed by atoms with E-state index < -0.39 is 0 Å². The molecule has 0 fully saturated rings. The summed E-state index contributed by atoms with van der Waals surface area (Å²) in [5, 5.41) is 3.34. The number of hydrogen-bond donors (Lipinski definition) is 1. The molecule has 0 aliphatic heterocycles. The van der Waals surface area contributed by atoms with Crippen LogP contribution in [0, 0.1) is 0 Å². The van der Waals surface area contributed by atoms with Crippen LogP contribution in [0.5, 0.6) is 0 Å². The zero-order chi connectivity index (χ0) is 14.4. The van der Waals surface area contributed by atoms with Gasteiger partial charge in [-0.25, -0.2) is 0 Å². The molecule has 1 aromatic carbocycles. The third-order valence-corrected chi connectivity index (χ3v) is 3.14. The van der Waals surface area contributed by atoms with Crippen molar-refractivity contribution < 1.29 is 9.59 Å².